The van der Waals surface area contributed by atoms with Gasteiger partial charge < -0.3 is 19.7 Å². The molecule has 1 N–H and O–H groups in total. The zero-order valence-corrected chi connectivity index (χ0v) is 17.5. The number of piperidine rings is 1. The minimum absolute atomic E-state index is 0.0308. The molecule has 2 fully saturated rings. The van der Waals surface area contributed by atoms with Gasteiger partial charge in [-0.05, 0) is 81.8 Å². The zero-order valence-electron chi connectivity index (χ0n) is 17.5. The molecular formula is C23H36N2O3. The molecule has 5 heteroatoms. The number of amides is 1. The highest BCUT2D eigenvalue weighted by Crippen LogP contribution is 2.35. The molecule has 0 aromatic heterocycles. The van der Waals surface area contributed by atoms with Crippen LogP contribution in [0.3, 0.4) is 0 Å². The van der Waals surface area contributed by atoms with Crippen molar-refractivity contribution in [1.29, 1.82) is 0 Å². The molecule has 2 atom stereocenters. The van der Waals surface area contributed by atoms with Gasteiger partial charge in [0.2, 0.25) is 0 Å². The highest BCUT2D eigenvalue weighted by Gasteiger charge is 2.41. The molecule has 1 saturated heterocycles. The van der Waals surface area contributed by atoms with Crippen LogP contribution in [-0.2, 0) is 9.53 Å². The lowest BCUT2D eigenvalue weighted by Crippen LogP contribution is -2.47. The lowest BCUT2D eigenvalue weighted by Gasteiger charge is -2.37. The SMILES string of the molecule is COC1(C(=O)Nc2ccc(OCCCN3CCCCC3)cc2)CCCC(C)C1. The van der Waals surface area contributed by atoms with Crippen LogP contribution < -0.4 is 10.1 Å². The quantitative estimate of drug-likeness (QED) is 0.667. The van der Waals surface area contributed by atoms with E-state index < -0.39 is 5.60 Å². The van der Waals surface area contributed by atoms with Gasteiger partial charge in [-0.2, -0.15) is 0 Å². The van der Waals surface area contributed by atoms with E-state index >= 15 is 0 Å². The minimum Gasteiger partial charge on any atom is -0.494 e. The molecule has 1 saturated carbocycles. The van der Waals surface area contributed by atoms with E-state index in [0.29, 0.717) is 5.92 Å². The first-order valence-electron chi connectivity index (χ1n) is 10.9. The second-order valence-corrected chi connectivity index (χ2v) is 8.48. The molecule has 0 radical (unpaired) electrons. The van der Waals surface area contributed by atoms with Crippen molar-refractivity contribution in [3.8, 4) is 5.75 Å². The molecular weight excluding hydrogens is 352 g/mol. The molecule has 3 rings (SSSR count). The van der Waals surface area contributed by atoms with Crippen molar-refractivity contribution in [2.24, 2.45) is 5.92 Å². The largest absolute Gasteiger partial charge is 0.494 e. The molecule has 1 aliphatic carbocycles. The predicted octanol–water partition coefficient (Wildman–Crippen LogP) is 4.48. The highest BCUT2D eigenvalue weighted by molar-refractivity contribution is 5.97. The Bertz CT molecular complexity index is 613. The third-order valence-corrected chi connectivity index (χ3v) is 6.21. The van der Waals surface area contributed by atoms with Crippen LogP contribution in [0.1, 0.15) is 58.3 Å². The number of methoxy groups -OCH3 is 1. The first kappa shape index (κ1) is 21.1. The van der Waals surface area contributed by atoms with E-state index in [-0.39, 0.29) is 5.91 Å². The number of nitrogens with one attached hydrogen (secondary N) is 1. The van der Waals surface area contributed by atoms with Crippen molar-refractivity contribution in [2.45, 2.75) is 63.9 Å². The van der Waals surface area contributed by atoms with Crippen LogP contribution in [0.5, 0.6) is 5.75 Å². The standard InChI is InChI=1S/C23H36N2O3/c1-19-8-6-13-23(18-19,27-2)22(26)24-20-9-11-21(12-10-20)28-17-7-16-25-14-4-3-5-15-25/h9-12,19H,3-8,13-18H2,1-2H3,(H,24,26). The van der Waals surface area contributed by atoms with Crippen LogP contribution in [0.4, 0.5) is 5.69 Å². The number of carbonyl (C=O) groups excluding carboxylic acids is 1. The molecule has 28 heavy (non-hydrogen) atoms. The average Bonchev–Trinajstić information content (AvgIpc) is 2.73. The fraction of sp³-hybridized carbons (Fsp3) is 0.696. The van der Waals surface area contributed by atoms with Crippen LogP contribution in [0, 0.1) is 5.92 Å². The van der Waals surface area contributed by atoms with E-state index in [1.54, 1.807) is 7.11 Å². The molecule has 5 nitrogen and oxygen atoms in total. The summed E-state index contributed by atoms with van der Waals surface area (Å²) in [6, 6.07) is 7.68. The lowest BCUT2D eigenvalue weighted by atomic mass is 9.78. The van der Waals surface area contributed by atoms with Crippen molar-refractivity contribution in [2.75, 3.05) is 38.7 Å². The molecule has 2 unspecified atom stereocenters. The van der Waals surface area contributed by atoms with Gasteiger partial charge in [0.05, 0.1) is 6.61 Å². The summed E-state index contributed by atoms with van der Waals surface area (Å²) in [5.74, 6) is 1.33. The minimum atomic E-state index is -0.693. The van der Waals surface area contributed by atoms with E-state index in [2.05, 4.69) is 17.1 Å². The first-order valence-corrected chi connectivity index (χ1v) is 10.9. The number of likely N-dealkylation sites (tertiary alicyclic amines) is 1. The Morgan fingerprint density at radius 2 is 1.93 bits per heavy atom. The maximum absolute atomic E-state index is 12.8. The molecule has 156 valence electrons. The highest BCUT2D eigenvalue weighted by atomic mass is 16.5. The van der Waals surface area contributed by atoms with E-state index in [0.717, 1.165) is 50.3 Å². The molecule has 1 aliphatic heterocycles. The number of hydrogen-bond acceptors (Lipinski definition) is 4. The summed E-state index contributed by atoms with van der Waals surface area (Å²) in [6.45, 7) is 6.50. The maximum Gasteiger partial charge on any atom is 0.256 e. The topological polar surface area (TPSA) is 50.8 Å². The molecule has 1 amide bonds. The molecule has 0 spiro atoms. The monoisotopic (exact) mass is 388 g/mol. The summed E-state index contributed by atoms with van der Waals surface area (Å²) in [7, 11) is 1.65. The number of benzene rings is 1. The Balaban J connectivity index is 1.44. The summed E-state index contributed by atoms with van der Waals surface area (Å²) in [6.07, 6.45) is 8.86. The molecule has 1 heterocycles. The lowest BCUT2D eigenvalue weighted by molar-refractivity contribution is -0.143. The fourth-order valence-electron chi connectivity index (χ4n) is 4.53. The number of anilines is 1. The van der Waals surface area contributed by atoms with Gasteiger partial charge in [0.15, 0.2) is 0 Å². The molecule has 0 bridgehead atoms. The van der Waals surface area contributed by atoms with Gasteiger partial charge in [-0.3, -0.25) is 4.79 Å². The fourth-order valence-corrected chi connectivity index (χ4v) is 4.53. The summed E-state index contributed by atoms with van der Waals surface area (Å²) in [5, 5.41) is 3.04. The zero-order chi connectivity index (χ0) is 19.8. The van der Waals surface area contributed by atoms with Gasteiger partial charge in [-0.1, -0.05) is 19.8 Å². The Morgan fingerprint density at radius 1 is 1.18 bits per heavy atom. The summed E-state index contributed by atoms with van der Waals surface area (Å²) in [5.41, 5.74) is 0.0988. The van der Waals surface area contributed by atoms with Gasteiger partial charge in [-0.15, -0.1) is 0 Å². The maximum atomic E-state index is 12.8. The van der Waals surface area contributed by atoms with Gasteiger partial charge >= 0.3 is 0 Å². The van der Waals surface area contributed by atoms with E-state index in [1.807, 2.05) is 24.3 Å². The Hall–Kier alpha value is -1.59. The summed E-state index contributed by atoms with van der Waals surface area (Å²) < 4.78 is 11.5. The Labute approximate surface area is 169 Å². The number of ether oxygens (including phenoxy) is 2. The van der Waals surface area contributed by atoms with Crippen molar-refractivity contribution in [3.05, 3.63) is 24.3 Å². The van der Waals surface area contributed by atoms with Crippen molar-refractivity contribution in [1.82, 2.24) is 4.90 Å². The number of rotatable bonds is 8. The van der Waals surface area contributed by atoms with Gasteiger partial charge in [0.25, 0.3) is 5.91 Å². The normalized spacial score (nSPS) is 26.0. The third-order valence-electron chi connectivity index (χ3n) is 6.21. The second-order valence-electron chi connectivity index (χ2n) is 8.48. The van der Waals surface area contributed by atoms with Crippen LogP contribution in [0.15, 0.2) is 24.3 Å². The van der Waals surface area contributed by atoms with E-state index in [4.69, 9.17) is 9.47 Å². The molecule has 2 aliphatic rings. The predicted molar refractivity (Wildman–Crippen MR) is 113 cm³/mol. The van der Waals surface area contributed by atoms with Crippen molar-refractivity contribution in [3.63, 3.8) is 0 Å². The number of nitrogens with zero attached hydrogens (tertiary/aromatic N) is 1. The van der Waals surface area contributed by atoms with Crippen LogP contribution in [0.2, 0.25) is 0 Å². The van der Waals surface area contributed by atoms with E-state index in [1.165, 1.54) is 38.8 Å². The first-order chi connectivity index (χ1) is 13.6. The summed E-state index contributed by atoms with van der Waals surface area (Å²) in [4.78, 5) is 15.4. The second kappa shape index (κ2) is 10.3. The number of carbonyl (C=O) groups is 1. The van der Waals surface area contributed by atoms with Crippen molar-refractivity contribution >= 4 is 11.6 Å². The molecule has 1 aromatic carbocycles. The van der Waals surface area contributed by atoms with Crippen LogP contribution in [0.25, 0.3) is 0 Å². The van der Waals surface area contributed by atoms with E-state index in [9.17, 15) is 4.79 Å². The average molecular weight is 389 g/mol. The van der Waals surface area contributed by atoms with Gasteiger partial charge in [-0.25, -0.2) is 0 Å². The van der Waals surface area contributed by atoms with Crippen molar-refractivity contribution < 1.29 is 14.3 Å². The summed E-state index contributed by atoms with van der Waals surface area (Å²) >= 11 is 0. The smallest absolute Gasteiger partial charge is 0.256 e. The van der Waals surface area contributed by atoms with Gasteiger partial charge in [0, 0.05) is 19.3 Å². The Kier molecular flexibility index (Phi) is 7.74. The number of hydrogen-bond donors (Lipinski definition) is 1. The molecule has 1 aromatic rings. The van der Waals surface area contributed by atoms with Crippen LogP contribution >= 0.6 is 0 Å². The third kappa shape index (κ3) is 5.71. The van der Waals surface area contributed by atoms with Crippen LogP contribution in [-0.4, -0.2) is 49.8 Å². The Morgan fingerprint density at radius 3 is 2.61 bits per heavy atom. The van der Waals surface area contributed by atoms with Gasteiger partial charge in [0.1, 0.15) is 11.4 Å².